The largest absolute Gasteiger partial charge is 0.497 e. The molecule has 7 nitrogen and oxygen atoms in total. The van der Waals surface area contributed by atoms with E-state index in [1.165, 1.54) is 24.1 Å². The van der Waals surface area contributed by atoms with Crippen molar-refractivity contribution in [3.8, 4) is 5.75 Å². The number of aromatic carboxylic acids is 1. The van der Waals surface area contributed by atoms with Gasteiger partial charge in [0.1, 0.15) is 5.75 Å². The Labute approximate surface area is 116 Å². The van der Waals surface area contributed by atoms with Gasteiger partial charge >= 0.3 is 12.0 Å². The van der Waals surface area contributed by atoms with Gasteiger partial charge in [-0.1, -0.05) is 0 Å². The number of carbonyl (C=O) groups is 2. The van der Waals surface area contributed by atoms with Crippen LogP contribution in [0.4, 0.5) is 10.5 Å². The number of anilines is 1. The molecular weight excluding hydrogens is 264 g/mol. The van der Waals surface area contributed by atoms with E-state index in [1.807, 2.05) is 0 Å². The van der Waals surface area contributed by atoms with Crippen molar-refractivity contribution in [2.45, 2.75) is 6.92 Å². The van der Waals surface area contributed by atoms with Crippen LogP contribution in [-0.2, 0) is 0 Å². The Kier molecular flexibility index (Phi) is 5.79. The number of rotatable bonds is 6. The fourth-order valence-electron chi connectivity index (χ4n) is 1.65. The van der Waals surface area contributed by atoms with Gasteiger partial charge in [-0.05, 0) is 25.1 Å². The molecule has 1 aromatic rings. The highest BCUT2D eigenvalue weighted by atomic mass is 16.5. The minimum Gasteiger partial charge on any atom is -0.497 e. The van der Waals surface area contributed by atoms with Gasteiger partial charge in [0.2, 0.25) is 0 Å². The van der Waals surface area contributed by atoms with Gasteiger partial charge in [-0.2, -0.15) is 0 Å². The van der Waals surface area contributed by atoms with Crippen LogP contribution in [-0.4, -0.2) is 53.9 Å². The van der Waals surface area contributed by atoms with E-state index in [0.29, 0.717) is 12.3 Å². The number of amides is 2. The van der Waals surface area contributed by atoms with E-state index in [2.05, 4.69) is 5.32 Å². The minimum absolute atomic E-state index is 0.0576. The van der Waals surface area contributed by atoms with Crippen LogP contribution in [0.15, 0.2) is 18.2 Å². The lowest BCUT2D eigenvalue weighted by molar-refractivity contribution is 0.0697. The predicted octanol–water partition coefficient (Wildman–Crippen LogP) is 1.24. The summed E-state index contributed by atoms with van der Waals surface area (Å²) in [6.45, 7) is 2.20. The second-order valence-electron chi connectivity index (χ2n) is 3.95. The Balaban J connectivity index is 2.96. The second-order valence-corrected chi connectivity index (χ2v) is 3.95. The summed E-state index contributed by atoms with van der Waals surface area (Å²) in [7, 11) is 1.43. The predicted molar refractivity (Wildman–Crippen MR) is 73.3 cm³/mol. The van der Waals surface area contributed by atoms with Crippen LogP contribution >= 0.6 is 0 Å². The van der Waals surface area contributed by atoms with Crippen LogP contribution in [0.25, 0.3) is 0 Å². The molecule has 1 rings (SSSR count). The fourth-order valence-corrected chi connectivity index (χ4v) is 1.65. The normalized spacial score (nSPS) is 9.95. The van der Waals surface area contributed by atoms with Crippen molar-refractivity contribution in [1.29, 1.82) is 0 Å². The summed E-state index contributed by atoms with van der Waals surface area (Å²) >= 11 is 0. The molecule has 0 unspecified atom stereocenters. The number of urea groups is 1. The van der Waals surface area contributed by atoms with Gasteiger partial charge < -0.3 is 25.2 Å². The number of methoxy groups -OCH3 is 1. The van der Waals surface area contributed by atoms with Crippen LogP contribution < -0.4 is 10.1 Å². The van der Waals surface area contributed by atoms with Crippen molar-refractivity contribution in [2.24, 2.45) is 0 Å². The van der Waals surface area contributed by atoms with Crippen LogP contribution in [0, 0.1) is 0 Å². The molecule has 0 aliphatic heterocycles. The number of carboxylic acid groups (broad SMARTS) is 1. The molecule has 0 aliphatic rings. The third kappa shape index (κ3) is 3.86. The fraction of sp³-hybridized carbons (Fsp3) is 0.385. The van der Waals surface area contributed by atoms with E-state index in [9.17, 15) is 9.59 Å². The molecule has 20 heavy (non-hydrogen) atoms. The molecule has 1 aromatic carbocycles. The van der Waals surface area contributed by atoms with Crippen molar-refractivity contribution in [2.75, 3.05) is 32.1 Å². The molecule has 0 atom stereocenters. The van der Waals surface area contributed by atoms with Crippen LogP contribution in [0.2, 0.25) is 0 Å². The lowest BCUT2D eigenvalue weighted by Gasteiger charge is -2.21. The van der Waals surface area contributed by atoms with E-state index in [1.54, 1.807) is 13.0 Å². The topological polar surface area (TPSA) is 99.1 Å². The first-order valence-corrected chi connectivity index (χ1v) is 6.11. The van der Waals surface area contributed by atoms with Gasteiger partial charge in [0.05, 0.1) is 25.0 Å². The van der Waals surface area contributed by atoms with Gasteiger partial charge in [0.15, 0.2) is 0 Å². The lowest BCUT2D eigenvalue weighted by atomic mass is 10.1. The summed E-state index contributed by atoms with van der Waals surface area (Å²) in [5.41, 5.74) is 0.123. The number of hydrogen-bond acceptors (Lipinski definition) is 4. The minimum atomic E-state index is -1.16. The van der Waals surface area contributed by atoms with E-state index in [4.69, 9.17) is 14.9 Å². The monoisotopic (exact) mass is 282 g/mol. The first-order chi connectivity index (χ1) is 9.53. The highest BCUT2D eigenvalue weighted by Gasteiger charge is 2.16. The maximum absolute atomic E-state index is 11.9. The number of ether oxygens (including phenoxy) is 1. The molecule has 7 heteroatoms. The molecule has 0 saturated carbocycles. The maximum atomic E-state index is 11.9. The average Bonchev–Trinajstić information content (AvgIpc) is 2.44. The van der Waals surface area contributed by atoms with Gasteiger partial charge in [0.25, 0.3) is 0 Å². The van der Waals surface area contributed by atoms with E-state index in [0.717, 1.165) is 0 Å². The number of hydrogen-bond donors (Lipinski definition) is 3. The third-order valence-corrected chi connectivity index (χ3v) is 2.74. The number of aliphatic hydroxyl groups excluding tert-OH is 1. The Morgan fingerprint density at radius 2 is 2.10 bits per heavy atom. The summed E-state index contributed by atoms with van der Waals surface area (Å²) < 4.78 is 4.95. The summed E-state index contributed by atoms with van der Waals surface area (Å²) in [6.07, 6.45) is 0. The highest BCUT2D eigenvalue weighted by Crippen LogP contribution is 2.22. The Morgan fingerprint density at radius 1 is 1.40 bits per heavy atom. The number of carboxylic acids is 1. The molecule has 3 N–H and O–H groups in total. The number of benzene rings is 1. The lowest BCUT2D eigenvalue weighted by Crippen LogP contribution is -2.37. The zero-order valence-electron chi connectivity index (χ0n) is 11.4. The number of nitrogens with one attached hydrogen (secondary N) is 1. The number of nitrogens with zero attached hydrogens (tertiary/aromatic N) is 1. The van der Waals surface area contributed by atoms with Crippen LogP contribution in [0.3, 0.4) is 0 Å². The van der Waals surface area contributed by atoms with Crippen LogP contribution in [0.5, 0.6) is 5.75 Å². The molecule has 0 fully saturated rings. The summed E-state index contributed by atoms with van der Waals surface area (Å²) in [5, 5.41) is 20.5. The quantitative estimate of drug-likeness (QED) is 0.729. The molecule has 0 aromatic heterocycles. The Bertz CT molecular complexity index is 490. The first kappa shape index (κ1) is 15.8. The molecular formula is C13H18N2O5. The zero-order chi connectivity index (χ0) is 15.1. The van der Waals surface area contributed by atoms with Crippen LogP contribution in [0.1, 0.15) is 17.3 Å². The van der Waals surface area contributed by atoms with Crippen molar-refractivity contribution in [3.05, 3.63) is 23.8 Å². The van der Waals surface area contributed by atoms with Gasteiger partial charge in [-0.25, -0.2) is 9.59 Å². The van der Waals surface area contributed by atoms with Crippen molar-refractivity contribution in [3.63, 3.8) is 0 Å². The maximum Gasteiger partial charge on any atom is 0.337 e. The standard InChI is InChI=1S/C13H18N2O5/c1-3-15(6-7-16)13(19)14-11-5-4-9(20-2)8-10(11)12(17)18/h4-5,8,16H,3,6-7H2,1-2H3,(H,14,19)(H,17,18). The molecule has 110 valence electrons. The van der Waals surface area contributed by atoms with E-state index < -0.39 is 12.0 Å². The highest BCUT2D eigenvalue weighted by molar-refractivity contribution is 6.00. The molecule has 0 aliphatic carbocycles. The molecule has 2 amide bonds. The smallest absolute Gasteiger partial charge is 0.337 e. The molecule has 0 radical (unpaired) electrons. The van der Waals surface area contributed by atoms with Crippen molar-refractivity contribution >= 4 is 17.7 Å². The SMILES string of the molecule is CCN(CCO)C(=O)Nc1ccc(OC)cc1C(=O)O. The average molecular weight is 282 g/mol. The molecule has 0 bridgehead atoms. The van der Waals surface area contributed by atoms with Crippen molar-refractivity contribution < 1.29 is 24.5 Å². The molecule has 0 heterocycles. The first-order valence-electron chi connectivity index (χ1n) is 6.11. The third-order valence-electron chi connectivity index (χ3n) is 2.74. The van der Waals surface area contributed by atoms with Gasteiger partial charge in [-0.15, -0.1) is 0 Å². The summed E-state index contributed by atoms with van der Waals surface area (Å²) in [4.78, 5) is 24.5. The van der Waals surface area contributed by atoms with E-state index >= 15 is 0 Å². The number of likely N-dealkylation sites (N-methyl/N-ethyl adjacent to an activating group) is 1. The number of aliphatic hydroxyl groups is 1. The molecule has 0 spiro atoms. The van der Waals surface area contributed by atoms with Crippen molar-refractivity contribution in [1.82, 2.24) is 4.90 Å². The molecule has 0 saturated heterocycles. The Morgan fingerprint density at radius 3 is 2.60 bits per heavy atom. The number of carbonyl (C=O) groups excluding carboxylic acids is 1. The van der Waals surface area contributed by atoms with Gasteiger partial charge in [0, 0.05) is 13.1 Å². The zero-order valence-corrected chi connectivity index (χ0v) is 11.4. The second kappa shape index (κ2) is 7.34. The van der Waals surface area contributed by atoms with Gasteiger partial charge in [-0.3, -0.25) is 0 Å². The summed E-state index contributed by atoms with van der Waals surface area (Å²) in [6, 6.07) is 3.90. The Hall–Kier alpha value is -2.28. The summed E-state index contributed by atoms with van der Waals surface area (Å²) in [5.74, 6) is -0.771. The van der Waals surface area contributed by atoms with E-state index in [-0.39, 0.29) is 24.4 Å².